The number of nitrogens with zero attached hydrogens (tertiary/aromatic N) is 3. The Kier molecular flexibility index (Phi) is 3.74. The molecule has 4 heteroatoms. The summed E-state index contributed by atoms with van der Waals surface area (Å²) < 4.78 is 2.27. The molecular weight excluding hydrogens is 334 g/mol. The van der Waals surface area contributed by atoms with Gasteiger partial charge in [0.2, 0.25) is 0 Å². The molecule has 3 heterocycles. The first-order valence-corrected chi connectivity index (χ1v) is 9.92. The van der Waals surface area contributed by atoms with Crippen LogP contribution in [0.1, 0.15) is 48.7 Å². The van der Waals surface area contributed by atoms with Crippen LogP contribution >= 0.6 is 0 Å². The van der Waals surface area contributed by atoms with Crippen molar-refractivity contribution in [1.82, 2.24) is 4.57 Å². The van der Waals surface area contributed by atoms with E-state index in [1.807, 2.05) is 4.90 Å². The summed E-state index contributed by atoms with van der Waals surface area (Å²) in [5, 5.41) is 1.18. The predicted octanol–water partition coefficient (Wildman–Crippen LogP) is 4.98. The molecule has 27 heavy (non-hydrogen) atoms. The molecule has 4 nitrogen and oxygen atoms in total. The topological polar surface area (TPSA) is 28.5 Å². The fourth-order valence-electron chi connectivity index (χ4n) is 4.44. The van der Waals surface area contributed by atoms with E-state index >= 15 is 0 Å². The molecule has 0 spiro atoms. The van der Waals surface area contributed by atoms with Crippen molar-refractivity contribution in [3.05, 3.63) is 59.8 Å². The summed E-state index contributed by atoms with van der Waals surface area (Å²) in [4.78, 5) is 17.4. The number of rotatable bonds is 3. The molecule has 5 rings (SSSR count). The van der Waals surface area contributed by atoms with Crippen LogP contribution in [0.15, 0.2) is 48.7 Å². The van der Waals surface area contributed by atoms with E-state index in [1.165, 1.54) is 29.4 Å². The third-order valence-electron chi connectivity index (χ3n) is 5.94. The summed E-state index contributed by atoms with van der Waals surface area (Å²) in [6.45, 7) is 7.23. The van der Waals surface area contributed by atoms with Crippen LogP contribution in [0.4, 0.5) is 11.4 Å². The van der Waals surface area contributed by atoms with Gasteiger partial charge >= 0.3 is 0 Å². The van der Waals surface area contributed by atoms with E-state index in [1.54, 1.807) is 0 Å². The Balaban J connectivity index is 1.47. The molecule has 0 radical (unpaired) electrons. The zero-order chi connectivity index (χ0) is 18.5. The highest BCUT2D eigenvalue weighted by molar-refractivity contribution is 6.11. The number of aromatic nitrogens is 1. The Morgan fingerprint density at radius 2 is 1.70 bits per heavy atom. The molecule has 0 aliphatic carbocycles. The van der Waals surface area contributed by atoms with E-state index in [0.29, 0.717) is 12.6 Å². The van der Waals surface area contributed by atoms with E-state index in [9.17, 15) is 4.79 Å². The van der Waals surface area contributed by atoms with E-state index in [0.717, 1.165) is 29.9 Å². The lowest BCUT2D eigenvalue weighted by Gasteiger charge is -2.18. The Labute approximate surface area is 160 Å². The van der Waals surface area contributed by atoms with Gasteiger partial charge in [0.15, 0.2) is 0 Å². The number of carbonyl (C=O) groups excluding carboxylic acids is 1. The van der Waals surface area contributed by atoms with Crippen LogP contribution in [-0.4, -0.2) is 23.6 Å². The Morgan fingerprint density at radius 3 is 2.48 bits per heavy atom. The predicted molar refractivity (Wildman–Crippen MR) is 111 cm³/mol. The molecule has 0 saturated carbocycles. The van der Waals surface area contributed by atoms with Crippen LogP contribution in [0.2, 0.25) is 0 Å². The molecule has 3 aromatic rings. The number of hydrogen-bond donors (Lipinski definition) is 0. The first-order chi connectivity index (χ1) is 13.1. The third-order valence-corrected chi connectivity index (χ3v) is 5.94. The second-order valence-corrected chi connectivity index (χ2v) is 7.99. The smallest absolute Gasteiger partial charge is 0.259 e. The van der Waals surface area contributed by atoms with Crippen molar-refractivity contribution >= 4 is 28.2 Å². The van der Waals surface area contributed by atoms with Crippen LogP contribution in [0.5, 0.6) is 0 Å². The summed E-state index contributed by atoms with van der Waals surface area (Å²) in [5.74, 6) is 0.119. The molecule has 2 aliphatic heterocycles. The van der Waals surface area contributed by atoms with Crippen molar-refractivity contribution in [1.29, 1.82) is 0 Å². The second-order valence-electron chi connectivity index (χ2n) is 7.99. The Morgan fingerprint density at radius 1 is 0.926 bits per heavy atom. The zero-order valence-corrected chi connectivity index (χ0v) is 16.0. The highest BCUT2D eigenvalue weighted by Crippen LogP contribution is 2.34. The lowest BCUT2D eigenvalue weighted by molar-refractivity contribution is 0.0996. The lowest BCUT2D eigenvalue weighted by Crippen LogP contribution is -2.23. The molecule has 1 amide bonds. The van der Waals surface area contributed by atoms with Crippen LogP contribution in [0.25, 0.3) is 10.9 Å². The number of fused-ring (bicyclic) bond motifs is 2. The van der Waals surface area contributed by atoms with Crippen LogP contribution in [0.3, 0.4) is 0 Å². The van der Waals surface area contributed by atoms with E-state index in [2.05, 4.69) is 72.0 Å². The number of amides is 1. The van der Waals surface area contributed by atoms with Crippen LogP contribution in [0, 0.1) is 0 Å². The summed E-state index contributed by atoms with van der Waals surface area (Å²) in [5.41, 5.74) is 5.37. The normalized spacial score (nSPS) is 16.8. The Bertz CT molecular complexity index is 1030. The SMILES string of the molecule is CC(C)n1ccc2cc(N3Cc4ccc(N5CCCC5)cc4C3=O)ccc21. The van der Waals surface area contributed by atoms with Gasteiger partial charge in [-0.05, 0) is 68.7 Å². The van der Waals surface area contributed by atoms with Gasteiger partial charge in [0.1, 0.15) is 0 Å². The largest absolute Gasteiger partial charge is 0.372 e. The molecule has 0 bridgehead atoms. The van der Waals surface area contributed by atoms with Gasteiger partial charge in [-0.15, -0.1) is 0 Å². The van der Waals surface area contributed by atoms with Crippen molar-refractivity contribution in [3.8, 4) is 0 Å². The first-order valence-electron chi connectivity index (χ1n) is 9.92. The third kappa shape index (κ3) is 2.62. The van der Waals surface area contributed by atoms with Crippen molar-refractivity contribution in [2.45, 2.75) is 39.3 Å². The maximum Gasteiger partial charge on any atom is 0.259 e. The van der Waals surface area contributed by atoms with Gasteiger partial charge in [-0.25, -0.2) is 0 Å². The molecule has 0 atom stereocenters. The molecule has 138 valence electrons. The highest BCUT2D eigenvalue weighted by Gasteiger charge is 2.29. The van der Waals surface area contributed by atoms with Crippen LogP contribution in [-0.2, 0) is 6.54 Å². The molecule has 0 N–H and O–H groups in total. The average molecular weight is 359 g/mol. The minimum Gasteiger partial charge on any atom is -0.372 e. The fraction of sp³-hybridized carbons (Fsp3) is 0.348. The van der Waals surface area contributed by atoms with Crippen molar-refractivity contribution in [2.24, 2.45) is 0 Å². The van der Waals surface area contributed by atoms with Gasteiger partial charge in [-0.2, -0.15) is 0 Å². The van der Waals surface area contributed by atoms with E-state index in [-0.39, 0.29) is 5.91 Å². The lowest BCUT2D eigenvalue weighted by atomic mass is 10.1. The number of benzene rings is 2. The minimum atomic E-state index is 0.119. The number of anilines is 2. The van der Waals surface area contributed by atoms with Gasteiger partial charge in [0.25, 0.3) is 5.91 Å². The molecule has 2 aliphatic rings. The van der Waals surface area contributed by atoms with E-state index < -0.39 is 0 Å². The highest BCUT2D eigenvalue weighted by atomic mass is 16.2. The van der Waals surface area contributed by atoms with Crippen LogP contribution < -0.4 is 9.80 Å². The maximum atomic E-state index is 13.1. The maximum absolute atomic E-state index is 13.1. The first kappa shape index (κ1) is 16.4. The molecule has 1 saturated heterocycles. The summed E-state index contributed by atoms with van der Waals surface area (Å²) in [6, 6.07) is 15.3. The van der Waals surface area contributed by atoms with Gasteiger partial charge < -0.3 is 14.4 Å². The summed E-state index contributed by atoms with van der Waals surface area (Å²) >= 11 is 0. The number of hydrogen-bond acceptors (Lipinski definition) is 2. The zero-order valence-electron chi connectivity index (χ0n) is 16.0. The Hall–Kier alpha value is -2.75. The number of carbonyl (C=O) groups is 1. The standard InChI is InChI=1S/C23H25N3O/c1-16(2)25-12-9-17-13-20(7-8-22(17)25)26-15-18-5-6-19(14-21(18)23(26)27)24-10-3-4-11-24/h5-9,12-14,16H,3-4,10-11,15H2,1-2H3. The van der Waals surface area contributed by atoms with Gasteiger partial charge in [-0.3, -0.25) is 4.79 Å². The quantitative estimate of drug-likeness (QED) is 0.660. The monoisotopic (exact) mass is 359 g/mol. The van der Waals surface area contributed by atoms with Crippen molar-refractivity contribution < 1.29 is 4.79 Å². The van der Waals surface area contributed by atoms with Crippen molar-refractivity contribution in [3.63, 3.8) is 0 Å². The molecule has 1 aromatic heterocycles. The summed E-state index contributed by atoms with van der Waals surface area (Å²) in [7, 11) is 0. The molecule has 0 unspecified atom stereocenters. The van der Waals surface area contributed by atoms with Gasteiger partial charge in [0, 0.05) is 53.2 Å². The summed E-state index contributed by atoms with van der Waals surface area (Å²) in [6.07, 6.45) is 4.61. The average Bonchev–Trinajstić information content (AvgIpc) is 3.40. The van der Waals surface area contributed by atoms with Gasteiger partial charge in [-0.1, -0.05) is 6.07 Å². The molecule has 1 fully saturated rings. The molecular formula is C23H25N3O. The fourth-order valence-corrected chi connectivity index (χ4v) is 4.44. The van der Waals surface area contributed by atoms with Crippen molar-refractivity contribution in [2.75, 3.05) is 22.9 Å². The second kappa shape index (κ2) is 6.15. The van der Waals surface area contributed by atoms with Gasteiger partial charge in [0.05, 0.1) is 6.54 Å². The molecule has 2 aromatic carbocycles. The minimum absolute atomic E-state index is 0.119. The van der Waals surface area contributed by atoms with E-state index in [4.69, 9.17) is 0 Å².